The normalized spacial score (nSPS) is 13.4. The number of anilines is 1. The Kier molecular flexibility index (Phi) is 5.22. The maximum Gasteiger partial charge on any atom is 0.257 e. The van der Waals surface area contributed by atoms with Crippen LogP contribution < -0.4 is 5.32 Å². The van der Waals surface area contributed by atoms with Crippen molar-refractivity contribution in [3.8, 4) is 22.8 Å². The van der Waals surface area contributed by atoms with Crippen LogP contribution in [-0.2, 0) is 13.0 Å². The first-order chi connectivity index (χ1) is 15.6. The van der Waals surface area contributed by atoms with Crippen molar-refractivity contribution in [3.05, 3.63) is 65.5 Å². The van der Waals surface area contributed by atoms with Crippen molar-refractivity contribution in [3.63, 3.8) is 0 Å². The fourth-order valence-corrected chi connectivity index (χ4v) is 3.83. The molecule has 2 aromatic carbocycles. The van der Waals surface area contributed by atoms with Crippen molar-refractivity contribution < 1.29 is 13.7 Å². The zero-order valence-corrected chi connectivity index (χ0v) is 17.5. The average Bonchev–Trinajstić information content (AvgIpc) is 3.34. The number of carbonyl (C=O) groups is 1. The number of carbonyl (C=O) groups excluding carboxylic acids is 1. The molecule has 0 unspecified atom stereocenters. The molecular formula is C23H21FN6O2. The maximum atomic E-state index is 14.5. The van der Waals surface area contributed by atoms with Crippen LogP contribution in [0.15, 0.2) is 47.0 Å². The van der Waals surface area contributed by atoms with Crippen molar-refractivity contribution in [1.82, 2.24) is 24.9 Å². The minimum atomic E-state index is -0.518. The molecule has 4 aromatic rings. The van der Waals surface area contributed by atoms with Crippen LogP contribution in [0, 0.1) is 12.7 Å². The second-order valence-corrected chi connectivity index (χ2v) is 7.77. The Morgan fingerprint density at radius 1 is 1.06 bits per heavy atom. The van der Waals surface area contributed by atoms with E-state index in [2.05, 4.69) is 30.2 Å². The molecule has 162 valence electrons. The molecule has 1 aliphatic heterocycles. The van der Waals surface area contributed by atoms with Gasteiger partial charge in [0.1, 0.15) is 11.6 Å². The van der Waals surface area contributed by atoms with Gasteiger partial charge in [0, 0.05) is 29.7 Å². The summed E-state index contributed by atoms with van der Waals surface area (Å²) in [5, 5.41) is 15.0. The van der Waals surface area contributed by atoms with Crippen LogP contribution in [0.3, 0.4) is 0 Å². The van der Waals surface area contributed by atoms with Gasteiger partial charge < -0.3 is 14.4 Å². The number of halogens is 1. The van der Waals surface area contributed by atoms with Gasteiger partial charge >= 0.3 is 0 Å². The SMILES string of the molecule is Cc1noc(-c2ccc(C(=O)Nc3cc(-c4nnc5n4CCCCC5)ccc3F)cc2)n1. The highest BCUT2D eigenvalue weighted by Gasteiger charge is 2.18. The second-order valence-electron chi connectivity index (χ2n) is 7.77. The number of nitrogens with zero attached hydrogens (tertiary/aromatic N) is 5. The summed E-state index contributed by atoms with van der Waals surface area (Å²) in [6, 6.07) is 11.3. The molecule has 1 N–H and O–H groups in total. The largest absolute Gasteiger partial charge is 0.334 e. The number of fused-ring (bicyclic) bond motifs is 1. The highest BCUT2D eigenvalue weighted by Crippen LogP contribution is 2.27. The number of hydrogen-bond donors (Lipinski definition) is 1. The number of hydrogen-bond acceptors (Lipinski definition) is 6. The third-order valence-corrected chi connectivity index (χ3v) is 5.50. The molecule has 1 amide bonds. The van der Waals surface area contributed by atoms with Gasteiger partial charge in [0.05, 0.1) is 5.69 Å². The molecule has 0 bridgehead atoms. The highest BCUT2D eigenvalue weighted by molar-refractivity contribution is 6.04. The Hall–Kier alpha value is -3.88. The summed E-state index contributed by atoms with van der Waals surface area (Å²) in [5.41, 5.74) is 1.88. The first-order valence-corrected chi connectivity index (χ1v) is 10.5. The van der Waals surface area contributed by atoms with Crippen LogP contribution in [0.1, 0.15) is 41.3 Å². The first-order valence-electron chi connectivity index (χ1n) is 10.5. The van der Waals surface area contributed by atoms with Gasteiger partial charge in [-0.05, 0) is 62.2 Å². The van der Waals surface area contributed by atoms with Gasteiger partial charge in [0.25, 0.3) is 11.8 Å². The molecule has 3 heterocycles. The zero-order valence-electron chi connectivity index (χ0n) is 17.5. The van der Waals surface area contributed by atoms with Gasteiger partial charge in [-0.15, -0.1) is 10.2 Å². The third kappa shape index (κ3) is 3.89. The fourth-order valence-electron chi connectivity index (χ4n) is 3.83. The zero-order chi connectivity index (χ0) is 22.1. The van der Waals surface area contributed by atoms with Gasteiger partial charge in [0.15, 0.2) is 11.6 Å². The summed E-state index contributed by atoms with van der Waals surface area (Å²) in [6.07, 6.45) is 4.19. The molecule has 5 rings (SSSR count). The summed E-state index contributed by atoms with van der Waals surface area (Å²) in [5.74, 6) is 1.60. The lowest BCUT2D eigenvalue weighted by Crippen LogP contribution is -2.13. The van der Waals surface area contributed by atoms with E-state index in [1.54, 1.807) is 43.3 Å². The van der Waals surface area contributed by atoms with E-state index in [0.29, 0.717) is 34.2 Å². The molecule has 8 nitrogen and oxygen atoms in total. The summed E-state index contributed by atoms with van der Waals surface area (Å²) in [7, 11) is 0. The van der Waals surface area contributed by atoms with Crippen LogP contribution in [0.4, 0.5) is 10.1 Å². The molecule has 9 heteroatoms. The standard InChI is InChI=1S/C23H21FN6O2/c1-14-25-23(32-29-14)16-8-6-15(7-9-16)22(31)26-19-13-17(10-11-18(19)24)21-28-27-20-5-3-2-4-12-30(20)21/h6-11,13H,2-5,12H2,1H3,(H,26,31). The smallest absolute Gasteiger partial charge is 0.257 e. The van der Waals surface area contributed by atoms with Crippen LogP contribution in [0.2, 0.25) is 0 Å². The van der Waals surface area contributed by atoms with Gasteiger partial charge in [-0.3, -0.25) is 4.79 Å². The van der Waals surface area contributed by atoms with Crippen molar-refractivity contribution in [2.24, 2.45) is 0 Å². The molecule has 1 aliphatic rings. The van der Waals surface area contributed by atoms with E-state index < -0.39 is 11.7 Å². The Labute approximate surface area is 183 Å². The number of benzene rings is 2. The Morgan fingerprint density at radius 3 is 2.66 bits per heavy atom. The topological polar surface area (TPSA) is 98.7 Å². The van der Waals surface area contributed by atoms with Crippen LogP contribution in [0.25, 0.3) is 22.8 Å². The monoisotopic (exact) mass is 432 g/mol. The predicted molar refractivity (Wildman–Crippen MR) is 115 cm³/mol. The molecule has 0 spiro atoms. The Morgan fingerprint density at radius 2 is 1.88 bits per heavy atom. The van der Waals surface area contributed by atoms with Gasteiger partial charge in [-0.2, -0.15) is 4.98 Å². The summed E-state index contributed by atoms with van der Waals surface area (Å²) >= 11 is 0. The number of nitrogens with one attached hydrogen (secondary N) is 1. The number of rotatable bonds is 4. The van der Waals surface area contributed by atoms with Crippen molar-refractivity contribution in [2.45, 2.75) is 39.2 Å². The quantitative estimate of drug-likeness (QED) is 0.513. The van der Waals surface area contributed by atoms with Gasteiger partial charge in [0.2, 0.25) is 0 Å². The van der Waals surface area contributed by atoms with E-state index in [1.165, 1.54) is 6.07 Å². The molecule has 32 heavy (non-hydrogen) atoms. The lowest BCUT2D eigenvalue weighted by atomic mass is 10.1. The minimum absolute atomic E-state index is 0.0927. The Balaban J connectivity index is 1.38. The van der Waals surface area contributed by atoms with E-state index in [-0.39, 0.29) is 5.69 Å². The van der Waals surface area contributed by atoms with Crippen molar-refractivity contribution in [2.75, 3.05) is 5.32 Å². The van der Waals surface area contributed by atoms with Crippen LogP contribution >= 0.6 is 0 Å². The molecule has 0 radical (unpaired) electrons. The molecule has 0 saturated carbocycles. The van der Waals surface area contributed by atoms with E-state index in [4.69, 9.17) is 4.52 Å². The Bertz CT molecular complexity index is 1280. The van der Waals surface area contributed by atoms with Crippen LogP contribution in [-0.4, -0.2) is 30.8 Å². The second kappa shape index (κ2) is 8.33. The first kappa shape index (κ1) is 20.0. The molecule has 0 atom stereocenters. The average molecular weight is 432 g/mol. The van der Waals surface area contributed by atoms with Crippen molar-refractivity contribution in [1.29, 1.82) is 0 Å². The van der Waals surface area contributed by atoms with Gasteiger partial charge in [-0.25, -0.2) is 4.39 Å². The van der Waals surface area contributed by atoms with E-state index >= 15 is 0 Å². The van der Waals surface area contributed by atoms with E-state index in [1.807, 2.05) is 0 Å². The maximum absolute atomic E-state index is 14.5. The van der Waals surface area contributed by atoms with Crippen LogP contribution in [0.5, 0.6) is 0 Å². The molecular weight excluding hydrogens is 411 g/mol. The van der Waals surface area contributed by atoms with Gasteiger partial charge in [-0.1, -0.05) is 11.6 Å². The number of aromatic nitrogens is 5. The molecule has 2 aromatic heterocycles. The minimum Gasteiger partial charge on any atom is -0.334 e. The predicted octanol–water partition coefficient (Wildman–Crippen LogP) is 4.42. The molecule has 0 saturated heterocycles. The lowest BCUT2D eigenvalue weighted by Gasteiger charge is -2.11. The highest BCUT2D eigenvalue weighted by atomic mass is 19.1. The lowest BCUT2D eigenvalue weighted by molar-refractivity contribution is 0.102. The van der Waals surface area contributed by atoms with E-state index in [9.17, 15) is 9.18 Å². The van der Waals surface area contributed by atoms with E-state index in [0.717, 1.165) is 38.1 Å². The summed E-state index contributed by atoms with van der Waals surface area (Å²) in [6.45, 7) is 2.57. The fraction of sp³-hybridized carbons (Fsp3) is 0.261. The number of amides is 1. The number of aryl methyl sites for hydroxylation is 2. The summed E-state index contributed by atoms with van der Waals surface area (Å²) in [4.78, 5) is 16.9. The molecule has 0 aliphatic carbocycles. The molecule has 0 fully saturated rings. The summed E-state index contributed by atoms with van der Waals surface area (Å²) < 4.78 is 21.7. The third-order valence-electron chi connectivity index (χ3n) is 5.50. The van der Waals surface area contributed by atoms with Crippen molar-refractivity contribution >= 4 is 11.6 Å².